The van der Waals surface area contributed by atoms with Crippen molar-refractivity contribution in [3.8, 4) is 0 Å². The van der Waals surface area contributed by atoms with Gasteiger partial charge in [-0.15, -0.1) is 0 Å². The van der Waals surface area contributed by atoms with Crippen LogP contribution < -0.4 is 0 Å². The van der Waals surface area contributed by atoms with Crippen molar-refractivity contribution in [2.45, 2.75) is 121 Å². The third-order valence-corrected chi connectivity index (χ3v) is 12.3. The molecule has 2 aliphatic heterocycles. The van der Waals surface area contributed by atoms with Gasteiger partial charge in [0.05, 0.1) is 23.9 Å². The zero-order valence-electron chi connectivity index (χ0n) is 23.6. The summed E-state index contributed by atoms with van der Waals surface area (Å²) in [5.74, 6) is 0.260. The zero-order valence-corrected chi connectivity index (χ0v) is 23.6. The summed E-state index contributed by atoms with van der Waals surface area (Å²) in [4.78, 5) is 11.8. The van der Waals surface area contributed by atoms with Gasteiger partial charge in [-0.2, -0.15) is 0 Å². The predicted octanol–water partition coefficient (Wildman–Crippen LogP) is 2.08. The van der Waals surface area contributed by atoms with Crippen molar-refractivity contribution < 1.29 is 44.2 Å². The van der Waals surface area contributed by atoms with Gasteiger partial charge >= 0.3 is 5.97 Å². The maximum atomic E-state index is 12.4. The van der Waals surface area contributed by atoms with Crippen LogP contribution in [-0.2, 0) is 23.7 Å². The minimum Gasteiger partial charge on any atom is -0.458 e. The van der Waals surface area contributed by atoms with E-state index in [1.165, 1.54) is 13.2 Å². The second kappa shape index (κ2) is 9.75. The summed E-state index contributed by atoms with van der Waals surface area (Å²) < 4.78 is 22.7. The van der Waals surface area contributed by atoms with Crippen molar-refractivity contribution >= 4 is 5.97 Å². The Hall–Kier alpha value is -1.07. The van der Waals surface area contributed by atoms with Gasteiger partial charge in [0.1, 0.15) is 24.9 Å². The van der Waals surface area contributed by atoms with Crippen molar-refractivity contribution in [1.29, 1.82) is 0 Å². The molecule has 0 radical (unpaired) electrons. The first-order valence-corrected chi connectivity index (χ1v) is 14.9. The van der Waals surface area contributed by atoms with Crippen LogP contribution >= 0.6 is 0 Å². The van der Waals surface area contributed by atoms with E-state index in [0.717, 1.165) is 50.5 Å². The third-order valence-electron chi connectivity index (χ3n) is 12.3. The molecule has 9 nitrogen and oxygen atoms in total. The Balaban J connectivity index is 1.17. The Kier molecular flexibility index (Phi) is 7.02. The van der Waals surface area contributed by atoms with Gasteiger partial charge in [0.15, 0.2) is 6.29 Å². The normalized spacial score (nSPS) is 55.3. The van der Waals surface area contributed by atoms with Crippen LogP contribution in [0.15, 0.2) is 11.6 Å². The van der Waals surface area contributed by atoms with E-state index in [-0.39, 0.29) is 35.9 Å². The molecular formula is C30H46O9. The molecule has 4 saturated carbocycles. The minimum atomic E-state index is -1.06. The molecule has 6 aliphatic rings. The number of aliphatic hydroxyl groups is 4. The largest absolute Gasteiger partial charge is 0.458 e. The molecule has 0 spiro atoms. The summed E-state index contributed by atoms with van der Waals surface area (Å²) >= 11 is 0. The SMILES string of the molecule is CO[C@H]1[C@@H](O)[C@H](O[C@H]2CC[C@]3(C)C4CC[C@]5(C)C(C6=CC(=O)OC6)C(O)C[C@]5(O)C4CC[C@@H]3C2)O[C@H](C)[C@H]1O. The number of esters is 1. The molecule has 2 heterocycles. The molecule has 4 N–H and O–H groups in total. The first-order chi connectivity index (χ1) is 18.4. The van der Waals surface area contributed by atoms with Crippen LogP contribution in [0.25, 0.3) is 0 Å². The van der Waals surface area contributed by atoms with Gasteiger partial charge < -0.3 is 39.4 Å². The second-order valence-electron chi connectivity index (χ2n) is 13.9. The van der Waals surface area contributed by atoms with Gasteiger partial charge in [0.25, 0.3) is 0 Å². The number of ether oxygens (including phenoxy) is 4. The van der Waals surface area contributed by atoms with Crippen LogP contribution in [0.1, 0.15) is 72.1 Å². The van der Waals surface area contributed by atoms with Crippen LogP contribution in [0.2, 0.25) is 0 Å². The zero-order chi connectivity index (χ0) is 27.9. The van der Waals surface area contributed by atoms with Gasteiger partial charge in [0.2, 0.25) is 0 Å². The van der Waals surface area contributed by atoms with Crippen LogP contribution in [-0.4, -0.2) is 88.6 Å². The standard InChI is InChI=1S/C30H46O9/c1-15-24(33)26(36-4)25(34)27(38-15)39-18-7-9-28(2)17(12-18)5-6-20-19(28)8-10-29(3)23(16-11-22(32)37-14-16)21(31)13-30(20,29)35/h11,15,17-21,23-27,31,33-35H,5-10,12-14H2,1-4H3/t15-,17-,18+,19?,20?,21?,23?,24-,25-,26-,27+,28+,29-,30+/m1/s1. The molecule has 39 heavy (non-hydrogen) atoms. The highest BCUT2D eigenvalue weighted by atomic mass is 16.7. The van der Waals surface area contributed by atoms with E-state index in [9.17, 15) is 25.2 Å². The minimum absolute atomic E-state index is 0.0547. The average molecular weight is 551 g/mol. The Morgan fingerprint density at radius 3 is 2.49 bits per heavy atom. The van der Waals surface area contributed by atoms with Crippen molar-refractivity contribution in [3.63, 3.8) is 0 Å². The Morgan fingerprint density at radius 2 is 1.79 bits per heavy atom. The highest BCUT2D eigenvalue weighted by molar-refractivity contribution is 5.85. The fourth-order valence-corrected chi connectivity index (χ4v) is 10.2. The van der Waals surface area contributed by atoms with E-state index in [4.69, 9.17) is 18.9 Å². The van der Waals surface area contributed by atoms with E-state index < -0.39 is 47.8 Å². The highest BCUT2D eigenvalue weighted by Crippen LogP contribution is 2.70. The lowest BCUT2D eigenvalue weighted by atomic mass is 9.43. The van der Waals surface area contributed by atoms with Crippen LogP contribution in [0.5, 0.6) is 0 Å². The number of hydrogen-bond donors (Lipinski definition) is 4. The number of methoxy groups -OCH3 is 1. The fraction of sp³-hybridized carbons (Fsp3) is 0.900. The van der Waals surface area contributed by atoms with E-state index in [1.54, 1.807) is 6.92 Å². The number of rotatable bonds is 4. The molecule has 0 aromatic rings. The molecule has 4 aliphatic carbocycles. The quantitative estimate of drug-likeness (QED) is 0.307. The molecule has 4 unspecified atom stereocenters. The molecule has 0 aromatic carbocycles. The van der Waals surface area contributed by atoms with E-state index in [0.29, 0.717) is 18.3 Å². The second-order valence-corrected chi connectivity index (χ2v) is 13.9. The van der Waals surface area contributed by atoms with Gasteiger partial charge in [-0.3, -0.25) is 0 Å². The molecule has 0 aromatic heterocycles. The van der Waals surface area contributed by atoms with Gasteiger partial charge in [-0.05, 0) is 80.6 Å². The molecular weight excluding hydrogens is 504 g/mol. The topological polar surface area (TPSA) is 135 Å². The van der Waals surface area contributed by atoms with E-state index in [2.05, 4.69) is 13.8 Å². The summed E-state index contributed by atoms with van der Waals surface area (Å²) in [6.45, 7) is 6.48. The van der Waals surface area contributed by atoms with Crippen LogP contribution in [0.3, 0.4) is 0 Å². The Labute approximate surface area is 230 Å². The molecule has 0 bridgehead atoms. The number of fused-ring (bicyclic) bond motifs is 5. The van der Waals surface area contributed by atoms with Crippen LogP contribution in [0, 0.1) is 34.5 Å². The number of aliphatic hydroxyl groups excluding tert-OH is 3. The summed E-state index contributed by atoms with van der Waals surface area (Å²) in [5.41, 5.74) is -0.601. The monoisotopic (exact) mass is 550 g/mol. The lowest BCUT2D eigenvalue weighted by molar-refractivity contribution is -0.313. The first kappa shape index (κ1) is 28.1. The summed E-state index contributed by atoms with van der Waals surface area (Å²) in [7, 11) is 1.48. The number of carbonyl (C=O) groups is 1. The molecule has 9 heteroatoms. The molecule has 0 amide bonds. The molecule has 5 fully saturated rings. The predicted molar refractivity (Wildman–Crippen MR) is 139 cm³/mol. The maximum absolute atomic E-state index is 12.4. The van der Waals surface area contributed by atoms with Crippen molar-refractivity contribution in [3.05, 3.63) is 11.6 Å². The first-order valence-electron chi connectivity index (χ1n) is 14.9. The molecule has 1 saturated heterocycles. The fourth-order valence-electron chi connectivity index (χ4n) is 10.2. The Morgan fingerprint density at radius 1 is 1.03 bits per heavy atom. The lowest BCUT2D eigenvalue weighted by Crippen LogP contribution is -2.62. The third kappa shape index (κ3) is 4.09. The number of carbonyl (C=O) groups excluding carboxylic acids is 1. The van der Waals surface area contributed by atoms with E-state index in [1.807, 2.05) is 0 Å². The highest BCUT2D eigenvalue weighted by Gasteiger charge is 2.70. The van der Waals surface area contributed by atoms with Gasteiger partial charge in [-0.1, -0.05) is 13.8 Å². The number of hydrogen-bond acceptors (Lipinski definition) is 9. The van der Waals surface area contributed by atoms with E-state index >= 15 is 0 Å². The average Bonchev–Trinajstić information content (AvgIpc) is 3.39. The molecule has 14 atom stereocenters. The van der Waals surface area contributed by atoms with Crippen molar-refractivity contribution in [2.75, 3.05) is 13.7 Å². The van der Waals surface area contributed by atoms with Crippen molar-refractivity contribution in [2.24, 2.45) is 34.5 Å². The van der Waals surface area contributed by atoms with Gasteiger partial charge in [0, 0.05) is 30.9 Å². The summed E-state index contributed by atoms with van der Waals surface area (Å²) in [6.07, 6.45) is 3.40. The summed E-state index contributed by atoms with van der Waals surface area (Å²) in [5, 5.41) is 44.7. The summed E-state index contributed by atoms with van der Waals surface area (Å²) in [6, 6.07) is 0. The lowest BCUT2D eigenvalue weighted by Gasteiger charge is -2.63. The molecule has 6 rings (SSSR count). The Bertz CT molecular complexity index is 1000. The van der Waals surface area contributed by atoms with Crippen LogP contribution in [0.4, 0.5) is 0 Å². The van der Waals surface area contributed by atoms with Gasteiger partial charge in [-0.25, -0.2) is 4.79 Å². The smallest absolute Gasteiger partial charge is 0.331 e. The number of cyclic esters (lactones) is 1. The van der Waals surface area contributed by atoms with Crippen molar-refractivity contribution in [1.82, 2.24) is 0 Å². The molecule has 220 valence electrons. The maximum Gasteiger partial charge on any atom is 0.331 e.